The molecule has 1 aromatic carbocycles. The molecule has 3 aromatic heterocycles. The Labute approximate surface area is 172 Å². The second kappa shape index (κ2) is 8.52. The van der Waals surface area contributed by atoms with Gasteiger partial charge in [0, 0.05) is 26.0 Å². The zero-order valence-corrected chi connectivity index (χ0v) is 16.9. The molecule has 0 aliphatic heterocycles. The Morgan fingerprint density at radius 2 is 1.70 bits per heavy atom. The van der Waals surface area contributed by atoms with Crippen molar-refractivity contribution in [3.05, 3.63) is 69.6 Å². The van der Waals surface area contributed by atoms with E-state index in [1.807, 2.05) is 36.5 Å². The van der Waals surface area contributed by atoms with Crippen molar-refractivity contribution in [2.45, 2.75) is 13.1 Å². The van der Waals surface area contributed by atoms with Gasteiger partial charge in [0.05, 0.1) is 49.4 Å². The van der Waals surface area contributed by atoms with E-state index >= 15 is 0 Å². The average molecular weight is 409 g/mol. The van der Waals surface area contributed by atoms with Gasteiger partial charge in [-0.25, -0.2) is 9.48 Å². The summed E-state index contributed by atoms with van der Waals surface area (Å²) in [5.41, 5.74) is 2.60. The summed E-state index contributed by atoms with van der Waals surface area (Å²) in [5.74, 6) is 0. The Bertz CT molecular complexity index is 1270. The van der Waals surface area contributed by atoms with Crippen molar-refractivity contribution < 1.29 is 9.47 Å². The van der Waals surface area contributed by atoms with Crippen LogP contribution in [0.1, 0.15) is 0 Å². The van der Waals surface area contributed by atoms with Crippen molar-refractivity contribution >= 4 is 11.0 Å². The molecule has 0 fully saturated rings. The highest BCUT2D eigenvalue weighted by Crippen LogP contribution is 2.22. The molecule has 3 heterocycles. The number of hydrogen-bond acceptors (Lipinski definition) is 5. The third-order valence-electron chi connectivity index (χ3n) is 4.96. The SMILES string of the molecule is COCCn1c(=O)c2[nH]c(-c3cnn(-c4ccccc4)c3)cc2n(CCOC)c1=O. The lowest BCUT2D eigenvalue weighted by atomic mass is 10.2. The molecule has 9 nitrogen and oxygen atoms in total. The molecule has 0 atom stereocenters. The standard InChI is InChI=1S/C21H23N5O4/c1-29-10-8-24-18-12-17(15-13-22-26(14-15)16-6-4-3-5-7-16)23-19(18)20(27)25(21(24)28)9-11-30-2/h3-7,12-14,23H,8-11H2,1-2H3. The number of fused-ring (bicyclic) bond motifs is 1. The zero-order valence-electron chi connectivity index (χ0n) is 16.9. The summed E-state index contributed by atoms with van der Waals surface area (Å²) in [6.07, 6.45) is 3.60. The van der Waals surface area contributed by atoms with Crippen molar-refractivity contribution in [3.8, 4) is 16.9 Å². The third-order valence-corrected chi connectivity index (χ3v) is 4.96. The first-order chi connectivity index (χ1) is 14.6. The van der Waals surface area contributed by atoms with Crippen LogP contribution in [0.4, 0.5) is 0 Å². The van der Waals surface area contributed by atoms with Gasteiger partial charge >= 0.3 is 5.69 Å². The molecule has 0 bridgehead atoms. The topological polar surface area (TPSA) is 96.1 Å². The van der Waals surface area contributed by atoms with Gasteiger partial charge in [-0.3, -0.25) is 13.9 Å². The van der Waals surface area contributed by atoms with Crippen molar-refractivity contribution in [1.82, 2.24) is 23.9 Å². The van der Waals surface area contributed by atoms with Gasteiger partial charge in [0.1, 0.15) is 5.52 Å². The number of aromatic amines is 1. The molecular weight excluding hydrogens is 386 g/mol. The number of H-pyrrole nitrogens is 1. The van der Waals surface area contributed by atoms with Crippen LogP contribution in [-0.4, -0.2) is 51.3 Å². The van der Waals surface area contributed by atoms with Crippen LogP contribution in [-0.2, 0) is 22.6 Å². The lowest BCUT2D eigenvalue weighted by Crippen LogP contribution is -2.41. The minimum absolute atomic E-state index is 0.178. The lowest BCUT2D eigenvalue weighted by Gasteiger charge is -2.11. The van der Waals surface area contributed by atoms with Crippen LogP contribution in [0.3, 0.4) is 0 Å². The molecule has 0 saturated carbocycles. The van der Waals surface area contributed by atoms with E-state index in [9.17, 15) is 9.59 Å². The number of para-hydroxylation sites is 1. The summed E-state index contributed by atoms with van der Waals surface area (Å²) in [7, 11) is 3.11. The van der Waals surface area contributed by atoms with Crippen LogP contribution in [0.15, 0.2) is 58.4 Å². The number of ether oxygens (including phenoxy) is 2. The van der Waals surface area contributed by atoms with E-state index < -0.39 is 0 Å². The largest absolute Gasteiger partial charge is 0.383 e. The van der Waals surface area contributed by atoms with Gasteiger partial charge in [0.2, 0.25) is 0 Å². The smallest absolute Gasteiger partial charge is 0.331 e. The molecule has 156 valence electrons. The predicted molar refractivity (Wildman–Crippen MR) is 113 cm³/mol. The van der Waals surface area contributed by atoms with Crippen LogP contribution in [0.25, 0.3) is 28.0 Å². The first-order valence-electron chi connectivity index (χ1n) is 9.58. The molecule has 0 amide bonds. The minimum atomic E-state index is -0.382. The Kier molecular flexibility index (Phi) is 5.64. The second-order valence-corrected chi connectivity index (χ2v) is 6.83. The van der Waals surface area contributed by atoms with E-state index in [-0.39, 0.29) is 24.4 Å². The van der Waals surface area contributed by atoms with Crippen molar-refractivity contribution in [2.75, 3.05) is 27.4 Å². The highest BCUT2D eigenvalue weighted by molar-refractivity contribution is 5.82. The zero-order chi connectivity index (χ0) is 21.1. The van der Waals surface area contributed by atoms with Gasteiger partial charge in [-0.05, 0) is 18.2 Å². The lowest BCUT2D eigenvalue weighted by molar-refractivity contribution is 0.179. The molecule has 4 aromatic rings. The summed E-state index contributed by atoms with van der Waals surface area (Å²) in [6.45, 7) is 1.13. The van der Waals surface area contributed by atoms with Gasteiger partial charge in [0.15, 0.2) is 0 Å². The fourth-order valence-corrected chi connectivity index (χ4v) is 3.41. The molecule has 4 rings (SSSR count). The maximum Gasteiger partial charge on any atom is 0.331 e. The fourth-order valence-electron chi connectivity index (χ4n) is 3.41. The first kappa shape index (κ1) is 19.9. The number of benzene rings is 1. The highest BCUT2D eigenvalue weighted by Gasteiger charge is 2.17. The summed E-state index contributed by atoms with van der Waals surface area (Å²) in [6, 6.07) is 11.5. The fraction of sp³-hybridized carbons (Fsp3) is 0.286. The van der Waals surface area contributed by atoms with Crippen molar-refractivity contribution in [3.63, 3.8) is 0 Å². The number of hydrogen-bond donors (Lipinski definition) is 1. The maximum absolute atomic E-state index is 13.0. The van der Waals surface area contributed by atoms with Crippen molar-refractivity contribution in [1.29, 1.82) is 0 Å². The quantitative estimate of drug-likeness (QED) is 0.477. The van der Waals surface area contributed by atoms with Gasteiger partial charge in [-0.15, -0.1) is 0 Å². The summed E-state index contributed by atoms with van der Waals surface area (Å²) in [5, 5.41) is 4.41. The second-order valence-electron chi connectivity index (χ2n) is 6.83. The Balaban J connectivity index is 1.83. The molecule has 30 heavy (non-hydrogen) atoms. The Hall–Kier alpha value is -3.43. The molecular formula is C21H23N5O4. The number of nitrogens with one attached hydrogen (secondary N) is 1. The van der Waals surface area contributed by atoms with Gasteiger partial charge in [-0.2, -0.15) is 5.10 Å². The molecule has 0 spiro atoms. The highest BCUT2D eigenvalue weighted by atomic mass is 16.5. The number of nitrogens with zero attached hydrogens (tertiary/aromatic N) is 4. The molecule has 0 aliphatic rings. The normalized spacial score (nSPS) is 11.4. The van der Waals surface area contributed by atoms with Crippen LogP contribution in [0, 0.1) is 0 Å². The van der Waals surface area contributed by atoms with E-state index in [1.54, 1.807) is 28.6 Å². The predicted octanol–water partition coefficient (Wildman–Crippen LogP) is 1.64. The van der Waals surface area contributed by atoms with Crippen LogP contribution >= 0.6 is 0 Å². The summed E-state index contributed by atoms with van der Waals surface area (Å²) < 4.78 is 14.7. The summed E-state index contributed by atoms with van der Waals surface area (Å²) >= 11 is 0. The summed E-state index contributed by atoms with van der Waals surface area (Å²) in [4.78, 5) is 29.1. The maximum atomic E-state index is 13.0. The number of rotatable bonds is 8. The van der Waals surface area contributed by atoms with Gasteiger partial charge in [-0.1, -0.05) is 18.2 Å². The molecule has 0 radical (unpaired) electrons. The first-order valence-corrected chi connectivity index (χ1v) is 9.58. The van der Waals surface area contributed by atoms with E-state index in [0.29, 0.717) is 29.9 Å². The van der Waals surface area contributed by atoms with Gasteiger partial charge < -0.3 is 14.5 Å². The van der Waals surface area contributed by atoms with E-state index in [1.165, 1.54) is 11.7 Å². The third kappa shape index (κ3) is 3.60. The molecule has 0 aliphatic carbocycles. The molecule has 9 heteroatoms. The van der Waals surface area contributed by atoms with Gasteiger partial charge in [0.25, 0.3) is 5.56 Å². The number of methoxy groups -OCH3 is 2. The van der Waals surface area contributed by atoms with E-state index in [0.717, 1.165) is 11.3 Å². The molecule has 0 saturated heterocycles. The average Bonchev–Trinajstić information content (AvgIpc) is 3.42. The van der Waals surface area contributed by atoms with E-state index in [2.05, 4.69) is 10.1 Å². The van der Waals surface area contributed by atoms with Crippen LogP contribution in [0.2, 0.25) is 0 Å². The Morgan fingerprint density at radius 1 is 1.00 bits per heavy atom. The van der Waals surface area contributed by atoms with Crippen LogP contribution < -0.4 is 11.2 Å². The molecule has 0 unspecified atom stereocenters. The Morgan fingerprint density at radius 3 is 2.40 bits per heavy atom. The minimum Gasteiger partial charge on any atom is -0.383 e. The van der Waals surface area contributed by atoms with Crippen molar-refractivity contribution in [2.24, 2.45) is 0 Å². The number of aromatic nitrogens is 5. The van der Waals surface area contributed by atoms with E-state index in [4.69, 9.17) is 9.47 Å². The molecule has 1 N–H and O–H groups in total. The monoisotopic (exact) mass is 409 g/mol. The van der Waals surface area contributed by atoms with Crippen LogP contribution in [0.5, 0.6) is 0 Å².